The highest BCUT2D eigenvalue weighted by atomic mass is 32.2. The minimum Gasteiger partial charge on any atom is -0.485 e. The Labute approximate surface area is 185 Å². The van der Waals surface area contributed by atoms with Gasteiger partial charge in [0.25, 0.3) is 0 Å². The van der Waals surface area contributed by atoms with Crippen molar-refractivity contribution in [2.45, 2.75) is 39.1 Å². The lowest BCUT2D eigenvalue weighted by atomic mass is 10.1. The highest BCUT2D eigenvalue weighted by Gasteiger charge is 2.15. The molecule has 31 heavy (non-hydrogen) atoms. The molecule has 0 fully saturated rings. The van der Waals surface area contributed by atoms with E-state index in [0.29, 0.717) is 23.2 Å². The van der Waals surface area contributed by atoms with Gasteiger partial charge in [-0.25, -0.2) is 4.39 Å². The van der Waals surface area contributed by atoms with E-state index in [4.69, 9.17) is 4.74 Å². The van der Waals surface area contributed by atoms with E-state index in [0.717, 1.165) is 16.9 Å². The van der Waals surface area contributed by atoms with Crippen molar-refractivity contribution in [2.75, 3.05) is 11.1 Å². The highest BCUT2D eigenvalue weighted by Crippen LogP contribution is 2.22. The normalized spacial score (nSPS) is 10.7. The second-order valence-electron chi connectivity index (χ2n) is 7.15. The van der Waals surface area contributed by atoms with Gasteiger partial charge in [-0.3, -0.25) is 9.36 Å². The zero-order chi connectivity index (χ0) is 22.4. The molecule has 0 saturated heterocycles. The first-order valence-corrected chi connectivity index (χ1v) is 10.8. The number of nitrogens with zero attached hydrogens (tertiary/aromatic N) is 3. The molecule has 1 heterocycles. The fourth-order valence-corrected chi connectivity index (χ4v) is 3.76. The number of aryl methyl sites for hydroxylation is 3. The van der Waals surface area contributed by atoms with Crippen LogP contribution in [-0.4, -0.2) is 26.4 Å². The molecule has 3 rings (SSSR count). The lowest BCUT2D eigenvalue weighted by Gasteiger charge is -2.11. The smallest absolute Gasteiger partial charge is 0.234 e. The minimum absolute atomic E-state index is 0.114. The number of halogens is 1. The standard InChI is InChI=1S/C23H25FN4O2S/c1-5-10-28-21(13-30-20-9-6-15(2)11-17(20)4)26-27-23(28)31-14-22(29)25-19-12-18(24)8-7-16(19)3/h5-9,11-12H,1,10,13-14H2,2-4H3,(H,25,29). The number of aromatic nitrogens is 3. The Bertz CT molecular complexity index is 1100. The van der Waals surface area contributed by atoms with Crippen molar-refractivity contribution in [1.82, 2.24) is 14.8 Å². The number of anilines is 1. The highest BCUT2D eigenvalue weighted by molar-refractivity contribution is 7.99. The van der Waals surface area contributed by atoms with Crippen molar-refractivity contribution >= 4 is 23.4 Å². The van der Waals surface area contributed by atoms with Gasteiger partial charge < -0.3 is 10.1 Å². The van der Waals surface area contributed by atoms with Gasteiger partial charge in [0.05, 0.1) is 5.75 Å². The van der Waals surface area contributed by atoms with Gasteiger partial charge in [0, 0.05) is 12.2 Å². The fraction of sp³-hybridized carbons (Fsp3) is 0.261. The lowest BCUT2D eigenvalue weighted by Crippen LogP contribution is -2.16. The number of rotatable bonds is 9. The Morgan fingerprint density at radius 3 is 2.74 bits per heavy atom. The van der Waals surface area contributed by atoms with Crippen molar-refractivity contribution in [2.24, 2.45) is 0 Å². The Morgan fingerprint density at radius 1 is 1.19 bits per heavy atom. The summed E-state index contributed by atoms with van der Waals surface area (Å²) in [4.78, 5) is 12.3. The number of nitrogens with one attached hydrogen (secondary N) is 1. The van der Waals surface area contributed by atoms with Gasteiger partial charge in [0.15, 0.2) is 11.0 Å². The van der Waals surface area contributed by atoms with Gasteiger partial charge in [0.1, 0.15) is 18.2 Å². The summed E-state index contributed by atoms with van der Waals surface area (Å²) in [5.41, 5.74) is 3.47. The molecule has 0 radical (unpaired) electrons. The van der Waals surface area contributed by atoms with Crippen LogP contribution >= 0.6 is 11.8 Å². The molecule has 6 nitrogen and oxygen atoms in total. The average molecular weight is 441 g/mol. The van der Waals surface area contributed by atoms with E-state index in [1.54, 1.807) is 12.1 Å². The predicted octanol–water partition coefficient (Wildman–Crippen LogP) is 4.84. The van der Waals surface area contributed by atoms with E-state index in [1.165, 1.54) is 29.5 Å². The molecule has 162 valence electrons. The second kappa shape index (κ2) is 10.3. The van der Waals surface area contributed by atoms with Crippen LogP contribution in [0.5, 0.6) is 5.75 Å². The second-order valence-corrected chi connectivity index (χ2v) is 8.09. The quantitative estimate of drug-likeness (QED) is 0.381. The SMILES string of the molecule is C=CCn1c(COc2ccc(C)cc2C)nnc1SCC(=O)Nc1cc(F)ccc1C. The first kappa shape index (κ1) is 22.6. The largest absolute Gasteiger partial charge is 0.485 e. The number of hydrogen-bond acceptors (Lipinski definition) is 5. The third-order valence-electron chi connectivity index (χ3n) is 4.60. The van der Waals surface area contributed by atoms with Gasteiger partial charge in [-0.2, -0.15) is 0 Å². The number of benzene rings is 2. The number of ether oxygens (including phenoxy) is 1. The molecule has 0 aliphatic heterocycles. The van der Waals surface area contributed by atoms with Crippen LogP contribution in [0.15, 0.2) is 54.2 Å². The number of hydrogen-bond donors (Lipinski definition) is 1. The number of carbonyl (C=O) groups excluding carboxylic acids is 1. The van der Waals surface area contributed by atoms with Crippen LogP contribution in [0.4, 0.5) is 10.1 Å². The molecule has 2 aromatic carbocycles. The fourth-order valence-electron chi connectivity index (χ4n) is 2.99. The van der Waals surface area contributed by atoms with Crippen molar-refractivity contribution in [3.8, 4) is 5.75 Å². The van der Waals surface area contributed by atoms with Crippen molar-refractivity contribution in [3.05, 3.63) is 77.4 Å². The molecular weight excluding hydrogens is 415 g/mol. The first-order valence-electron chi connectivity index (χ1n) is 9.79. The Hall–Kier alpha value is -3.13. The molecule has 0 bridgehead atoms. The monoisotopic (exact) mass is 440 g/mol. The van der Waals surface area contributed by atoms with E-state index < -0.39 is 5.82 Å². The summed E-state index contributed by atoms with van der Waals surface area (Å²) in [6.45, 7) is 10.4. The zero-order valence-electron chi connectivity index (χ0n) is 17.8. The molecule has 0 aliphatic carbocycles. The van der Waals surface area contributed by atoms with Crippen LogP contribution in [0.1, 0.15) is 22.5 Å². The Morgan fingerprint density at radius 2 is 2.00 bits per heavy atom. The molecule has 0 aliphatic rings. The number of allylic oxidation sites excluding steroid dienone is 1. The third-order valence-corrected chi connectivity index (χ3v) is 5.57. The summed E-state index contributed by atoms with van der Waals surface area (Å²) in [7, 11) is 0. The van der Waals surface area contributed by atoms with Crippen molar-refractivity contribution in [1.29, 1.82) is 0 Å². The van der Waals surface area contributed by atoms with Crippen LogP contribution in [0, 0.1) is 26.6 Å². The van der Waals surface area contributed by atoms with E-state index in [1.807, 2.05) is 37.5 Å². The third kappa shape index (κ3) is 5.95. The van der Waals surface area contributed by atoms with Gasteiger partial charge in [-0.15, -0.1) is 16.8 Å². The zero-order valence-corrected chi connectivity index (χ0v) is 18.6. The van der Waals surface area contributed by atoms with Crippen molar-refractivity contribution in [3.63, 3.8) is 0 Å². The van der Waals surface area contributed by atoms with Crippen LogP contribution in [0.3, 0.4) is 0 Å². The maximum atomic E-state index is 13.4. The molecular formula is C23H25FN4O2S. The molecule has 3 aromatic rings. The molecule has 8 heteroatoms. The summed E-state index contributed by atoms with van der Waals surface area (Å²) in [5, 5.41) is 11.7. The molecule has 0 unspecified atom stereocenters. The molecule has 1 N–H and O–H groups in total. The molecule has 0 saturated carbocycles. The summed E-state index contributed by atoms with van der Waals surface area (Å²) < 4.78 is 21.2. The van der Waals surface area contributed by atoms with E-state index in [9.17, 15) is 9.18 Å². The van der Waals surface area contributed by atoms with E-state index >= 15 is 0 Å². The maximum absolute atomic E-state index is 13.4. The lowest BCUT2D eigenvalue weighted by molar-refractivity contribution is -0.113. The number of thioether (sulfide) groups is 1. The summed E-state index contributed by atoms with van der Waals surface area (Å²) >= 11 is 1.25. The van der Waals surface area contributed by atoms with Gasteiger partial charge in [0.2, 0.25) is 5.91 Å². The van der Waals surface area contributed by atoms with Gasteiger partial charge in [-0.1, -0.05) is 41.6 Å². The molecule has 1 aromatic heterocycles. The van der Waals surface area contributed by atoms with Crippen molar-refractivity contribution < 1.29 is 13.9 Å². The summed E-state index contributed by atoms with van der Waals surface area (Å²) in [6, 6.07) is 10.3. The predicted molar refractivity (Wildman–Crippen MR) is 121 cm³/mol. The summed E-state index contributed by atoms with van der Waals surface area (Å²) in [5.74, 6) is 0.901. The van der Waals surface area contributed by atoms with E-state index in [-0.39, 0.29) is 18.3 Å². The summed E-state index contributed by atoms with van der Waals surface area (Å²) in [6.07, 6.45) is 1.74. The Kier molecular flexibility index (Phi) is 7.46. The van der Waals surface area contributed by atoms with Crippen LogP contribution in [-0.2, 0) is 17.9 Å². The first-order chi connectivity index (χ1) is 14.9. The van der Waals surface area contributed by atoms with E-state index in [2.05, 4.69) is 28.2 Å². The molecule has 0 atom stereocenters. The average Bonchev–Trinajstić information content (AvgIpc) is 3.10. The van der Waals surface area contributed by atoms with Crippen LogP contribution in [0.2, 0.25) is 0 Å². The van der Waals surface area contributed by atoms with Gasteiger partial charge >= 0.3 is 0 Å². The van der Waals surface area contributed by atoms with Gasteiger partial charge in [-0.05, 0) is 50.1 Å². The van der Waals surface area contributed by atoms with Crippen LogP contribution < -0.4 is 10.1 Å². The number of carbonyl (C=O) groups is 1. The maximum Gasteiger partial charge on any atom is 0.234 e. The topological polar surface area (TPSA) is 69.0 Å². The molecule has 0 spiro atoms. The van der Waals surface area contributed by atoms with Crippen LogP contribution in [0.25, 0.3) is 0 Å². The Balaban J connectivity index is 1.64. The number of amides is 1. The minimum atomic E-state index is -0.396. The molecule has 1 amide bonds.